The topological polar surface area (TPSA) is 29.5 Å². The molecule has 1 N–H and O–H groups in total. The summed E-state index contributed by atoms with van der Waals surface area (Å²) in [6.45, 7) is 8.79. The second-order valence-electron chi connectivity index (χ2n) is 6.34. The Kier molecular flexibility index (Phi) is 10.8. The van der Waals surface area contributed by atoms with Crippen molar-refractivity contribution in [3.8, 4) is 0 Å². The molecule has 0 radical (unpaired) electrons. The predicted octanol–water partition coefficient (Wildman–Crippen LogP) is 4.69. The molecular formula is C16H34O2. The van der Waals surface area contributed by atoms with E-state index in [1.54, 1.807) is 0 Å². The van der Waals surface area contributed by atoms with Gasteiger partial charge in [0.1, 0.15) is 0 Å². The van der Waals surface area contributed by atoms with E-state index in [-0.39, 0.29) is 11.7 Å². The third kappa shape index (κ3) is 14.0. The SMILES string of the molecule is CCCCCCCCCCC(O)COC(C)(C)C. The summed E-state index contributed by atoms with van der Waals surface area (Å²) in [5.41, 5.74) is -0.139. The van der Waals surface area contributed by atoms with E-state index in [1.165, 1.54) is 44.9 Å². The zero-order valence-electron chi connectivity index (χ0n) is 13.0. The summed E-state index contributed by atoms with van der Waals surface area (Å²) in [5.74, 6) is 0. The molecule has 2 nitrogen and oxygen atoms in total. The molecule has 0 saturated heterocycles. The molecule has 0 spiro atoms. The fraction of sp³-hybridized carbons (Fsp3) is 1.00. The summed E-state index contributed by atoms with van der Waals surface area (Å²) >= 11 is 0. The van der Waals surface area contributed by atoms with Crippen LogP contribution in [0.5, 0.6) is 0 Å². The van der Waals surface area contributed by atoms with E-state index in [1.807, 2.05) is 20.8 Å². The lowest BCUT2D eigenvalue weighted by atomic mass is 10.1. The highest BCUT2D eigenvalue weighted by Gasteiger charge is 2.13. The first-order valence-corrected chi connectivity index (χ1v) is 7.77. The molecular weight excluding hydrogens is 224 g/mol. The Morgan fingerprint density at radius 3 is 1.89 bits per heavy atom. The average Bonchev–Trinajstić information content (AvgIpc) is 2.29. The van der Waals surface area contributed by atoms with Crippen LogP contribution in [0.3, 0.4) is 0 Å². The van der Waals surface area contributed by atoms with Crippen LogP contribution in [-0.2, 0) is 4.74 Å². The van der Waals surface area contributed by atoms with Gasteiger partial charge in [0.05, 0.1) is 18.3 Å². The van der Waals surface area contributed by atoms with Gasteiger partial charge < -0.3 is 9.84 Å². The van der Waals surface area contributed by atoms with Crippen molar-refractivity contribution in [1.82, 2.24) is 0 Å². The summed E-state index contributed by atoms with van der Waals surface area (Å²) < 4.78 is 5.56. The van der Waals surface area contributed by atoms with Gasteiger partial charge in [-0.15, -0.1) is 0 Å². The van der Waals surface area contributed by atoms with E-state index in [2.05, 4.69) is 6.92 Å². The smallest absolute Gasteiger partial charge is 0.0774 e. The van der Waals surface area contributed by atoms with Crippen molar-refractivity contribution < 1.29 is 9.84 Å². The lowest BCUT2D eigenvalue weighted by molar-refractivity contribution is -0.0509. The Morgan fingerprint density at radius 1 is 0.889 bits per heavy atom. The standard InChI is InChI=1S/C16H34O2/c1-5-6-7-8-9-10-11-12-13-15(17)14-18-16(2,3)4/h15,17H,5-14H2,1-4H3. The monoisotopic (exact) mass is 258 g/mol. The van der Waals surface area contributed by atoms with E-state index in [4.69, 9.17) is 4.74 Å². The molecule has 0 aromatic heterocycles. The molecule has 1 unspecified atom stereocenters. The maximum absolute atomic E-state index is 9.76. The molecule has 110 valence electrons. The van der Waals surface area contributed by atoms with E-state index >= 15 is 0 Å². The van der Waals surface area contributed by atoms with Crippen molar-refractivity contribution in [2.24, 2.45) is 0 Å². The minimum Gasteiger partial charge on any atom is -0.391 e. The largest absolute Gasteiger partial charge is 0.391 e. The molecule has 1 atom stereocenters. The highest BCUT2D eigenvalue weighted by atomic mass is 16.5. The van der Waals surface area contributed by atoms with E-state index in [9.17, 15) is 5.11 Å². The summed E-state index contributed by atoms with van der Waals surface area (Å²) in [4.78, 5) is 0. The van der Waals surface area contributed by atoms with Gasteiger partial charge in [-0.1, -0.05) is 58.3 Å². The van der Waals surface area contributed by atoms with Gasteiger partial charge in [0.2, 0.25) is 0 Å². The van der Waals surface area contributed by atoms with Crippen LogP contribution in [-0.4, -0.2) is 23.4 Å². The second-order valence-corrected chi connectivity index (χ2v) is 6.34. The summed E-state index contributed by atoms with van der Waals surface area (Å²) in [6.07, 6.45) is 11.1. The van der Waals surface area contributed by atoms with Gasteiger partial charge in [-0.05, 0) is 27.2 Å². The van der Waals surface area contributed by atoms with Crippen molar-refractivity contribution >= 4 is 0 Å². The zero-order valence-corrected chi connectivity index (χ0v) is 13.0. The number of hydrogen-bond donors (Lipinski definition) is 1. The van der Waals surface area contributed by atoms with Crippen LogP contribution in [0.2, 0.25) is 0 Å². The average molecular weight is 258 g/mol. The maximum Gasteiger partial charge on any atom is 0.0774 e. The minimum absolute atomic E-state index is 0.139. The van der Waals surface area contributed by atoms with Crippen molar-refractivity contribution in [2.45, 2.75) is 97.2 Å². The number of aliphatic hydroxyl groups excluding tert-OH is 1. The summed E-state index contributed by atoms with van der Waals surface area (Å²) in [5, 5.41) is 9.76. The Labute approximate surface area is 114 Å². The lowest BCUT2D eigenvalue weighted by Crippen LogP contribution is -2.26. The maximum atomic E-state index is 9.76. The highest BCUT2D eigenvalue weighted by molar-refractivity contribution is 4.62. The van der Waals surface area contributed by atoms with Crippen molar-refractivity contribution in [1.29, 1.82) is 0 Å². The summed E-state index contributed by atoms with van der Waals surface area (Å²) in [6, 6.07) is 0. The molecule has 0 aliphatic rings. The predicted molar refractivity (Wildman–Crippen MR) is 78.9 cm³/mol. The van der Waals surface area contributed by atoms with Gasteiger partial charge in [-0.3, -0.25) is 0 Å². The van der Waals surface area contributed by atoms with Crippen molar-refractivity contribution in [2.75, 3.05) is 6.61 Å². The van der Waals surface area contributed by atoms with Gasteiger partial charge in [-0.25, -0.2) is 0 Å². The summed E-state index contributed by atoms with van der Waals surface area (Å²) in [7, 11) is 0. The molecule has 0 bridgehead atoms. The van der Waals surface area contributed by atoms with Gasteiger partial charge >= 0.3 is 0 Å². The van der Waals surface area contributed by atoms with Crippen LogP contribution in [0.15, 0.2) is 0 Å². The molecule has 0 aromatic carbocycles. The third-order valence-electron chi connectivity index (χ3n) is 3.10. The first-order chi connectivity index (χ1) is 8.45. The Hall–Kier alpha value is -0.0800. The van der Waals surface area contributed by atoms with Crippen LogP contribution in [0.25, 0.3) is 0 Å². The number of rotatable bonds is 11. The van der Waals surface area contributed by atoms with Gasteiger partial charge in [0.25, 0.3) is 0 Å². The molecule has 2 heteroatoms. The van der Waals surface area contributed by atoms with Gasteiger partial charge in [0.15, 0.2) is 0 Å². The molecule has 0 saturated carbocycles. The quantitative estimate of drug-likeness (QED) is 0.545. The lowest BCUT2D eigenvalue weighted by Gasteiger charge is -2.21. The molecule has 18 heavy (non-hydrogen) atoms. The fourth-order valence-corrected chi connectivity index (χ4v) is 1.94. The Morgan fingerprint density at radius 2 is 1.39 bits per heavy atom. The van der Waals surface area contributed by atoms with E-state index < -0.39 is 0 Å². The first-order valence-electron chi connectivity index (χ1n) is 7.77. The van der Waals surface area contributed by atoms with Crippen LogP contribution in [0.4, 0.5) is 0 Å². The fourth-order valence-electron chi connectivity index (χ4n) is 1.94. The third-order valence-corrected chi connectivity index (χ3v) is 3.10. The first kappa shape index (κ1) is 17.9. The molecule has 0 aliphatic heterocycles. The minimum atomic E-state index is -0.288. The van der Waals surface area contributed by atoms with Crippen molar-refractivity contribution in [3.63, 3.8) is 0 Å². The zero-order chi connectivity index (χ0) is 13.9. The number of unbranched alkanes of at least 4 members (excludes halogenated alkanes) is 7. The van der Waals surface area contributed by atoms with Crippen LogP contribution < -0.4 is 0 Å². The molecule has 0 aromatic rings. The Bertz CT molecular complexity index is 172. The molecule has 0 amide bonds. The second kappa shape index (κ2) is 10.8. The highest BCUT2D eigenvalue weighted by Crippen LogP contribution is 2.12. The molecule has 0 rings (SSSR count). The van der Waals surface area contributed by atoms with Gasteiger partial charge in [0, 0.05) is 0 Å². The van der Waals surface area contributed by atoms with Crippen LogP contribution in [0, 0.1) is 0 Å². The van der Waals surface area contributed by atoms with Crippen LogP contribution >= 0.6 is 0 Å². The Balaban J connectivity index is 3.23. The van der Waals surface area contributed by atoms with E-state index in [0.29, 0.717) is 6.61 Å². The number of aliphatic hydroxyl groups is 1. The molecule has 0 heterocycles. The number of hydrogen-bond acceptors (Lipinski definition) is 2. The van der Waals surface area contributed by atoms with Crippen LogP contribution in [0.1, 0.15) is 85.5 Å². The molecule has 0 aliphatic carbocycles. The van der Waals surface area contributed by atoms with E-state index in [0.717, 1.165) is 12.8 Å². The normalized spacial score (nSPS) is 13.8. The van der Waals surface area contributed by atoms with Gasteiger partial charge in [-0.2, -0.15) is 0 Å². The molecule has 0 fully saturated rings. The van der Waals surface area contributed by atoms with Crippen molar-refractivity contribution in [3.05, 3.63) is 0 Å². The number of ether oxygens (including phenoxy) is 1.